The number of hydrogen-bond acceptors (Lipinski definition) is 5. The number of carbonyl (C=O) groups excluding carboxylic acids is 4. The predicted octanol–water partition coefficient (Wildman–Crippen LogP) is 2.38. The Balaban J connectivity index is 1.62. The van der Waals surface area contributed by atoms with Crippen LogP contribution in [0.25, 0.3) is 0 Å². The van der Waals surface area contributed by atoms with Gasteiger partial charge in [-0.05, 0) is 24.3 Å². The zero-order chi connectivity index (χ0) is 17.8. The molecule has 2 amide bonds. The van der Waals surface area contributed by atoms with E-state index in [0.717, 1.165) is 4.90 Å². The van der Waals surface area contributed by atoms with Gasteiger partial charge in [0.2, 0.25) is 11.8 Å². The van der Waals surface area contributed by atoms with Gasteiger partial charge in [0.25, 0.3) is 0 Å². The SMILES string of the molecule is O=C(COC(=O)c1ccc(N2C(=O)CCC2=O)cc1)c1ccccc1. The molecule has 1 aliphatic heterocycles. The van der Waals surface area contributed by atoms with E-state index in [1.807, 2.05) is 0 Å². The topological polar surface area (TPSA) is 80.8 Å². The summed E-state index contributed by atoms with van der Waals surface area (Å²) < 4.78 is 5.02. The molecule has 0 bridgehead atoms. The standard InChI is InChI=1S/C19H15NO5/c21-16(13-4-2-1-3-5-13)12-25-19(24)14-6-8-15(9-7-14)20-17(22)10-11-18(20)23/h1-9H,10-12H2. The maximum Gasteiger partial charge on any atom is 0.338 e. The molecule has 0 unspecified atom stereocenters. The summed E-state index contributed by atoms with van der Waals surface area (Å²) in [7, 11) is 0. The summed E-state index contributed by atoms with van der Waals surface area (Å²) >= 11 is 0. The Morgan fingerprint density at radius 2 is 1.44 bits per heavy atom. The summed E-state index contributed by atoms with van der Waals surface area (Å²) in [4.78, 5) is 48.4. The highest BCUT2D eigenvalue weighted by molar-refractivity contribution is 6.19. The van der Waals surface area contributed by atoms with Gasteiger partial charge in [-0.3, -0.25) is 19.3 Å². The third-order valence-electron chi connectivity index (χ3n) is 3.84. The zero-order valence-corrected chi connectivity index (χ0v) is 13.3. The van der Waals surface area contributed by atoms with Crippen LogP contribution in [0.2, 0.25) is 0 Å². The van der Waals surface area contributed by atoms with E-state index in [9.17, 15) is 19.2 Å². The summed E-state index contributed by atoms with van der Waals surface area (Å²) in [6.07, 6.45) is 0.397. The molecule has 0 N–H and O–H groups in total. The Kier molecular flexibility index (Phi) is 4.70. The van der Waals surface area contributed by atoms with E-state index < -0.39 is 5.97 Å². The average molecular weight is 337 g/mol. The molecule has 1 saturated heterocycles. The van der Waals surface area contributed by atoms with Crippen molar-refractivity contribution in [2.45, 2.75) is 12.8 Å². The predicted molar refractivity (Wildman–Crippen MR) is 89.2 cm³/mol. The summed E-state index contributed by atoms with van der Waals surface area (Å²) in [5, 5.41) is 0. The quantitative estimate of drug-likeness (QED) is 0.475. The third-order valence-corrected chi connectivity index (χ3v) is 3.84. The first-order chi connectivity index (χ1) is 12.1. The van der Waals surface area contributed by atoms with Gasteiger partial charge in [0.05, 0.1) is 11.3 Å². The molecule has 25 heavy (non-hydrogen) atoms. The molecule has 1 aliphatic rings. The van der Waals surface area contributed by atoms with E-state index in [-0.39, 0.29) is 42.6 Å². The number of imide groups is 1. The molecule has 3 rings (SSSR count). The monoisotopic (exact) mass is 337 g/mol. The number of rotatable bonds is 5. The highest BCUT2D eigenvalue weighted by Gasteiger charge is 2.30. The van der Waals surface area contributed by atoms with Crippen molar-refractivity contribution in [3.8, 4) is 0 Å². The van der Waals surface area contributed by atoms with Crippen molar-refractivity contribution in [2.24, 2.45) is 0 Å². The number of nitrogens with zero attached hydrogens (tertiary/aromatic N) is 1. The minimum atomic E-state index is -0.644. The van der Waals surface area contributed by atoms with Crippen molar-refractivity contribution in [3.63, 3.8) is 0 Å². The summed E-state index contributed by atoms with van der Waals surface area (Å²) in [5.74, 6) is -1.45. The minimum Gasteiger partial charge on any atom is -0.454 e. The number of benzene rings is 2. The molecular formula is C19H15NO5. The van der Waals surface area contributed by atoms with Gasteiger partial charge in [0.15, 0.2) is 12.4 Å². The fourth-order valence-electron chi connectivity index (χ4n) is 2.53. The Bertz CT molecular complexity index is 811. The Hall–Kier alpha value is -3.28. The van der Waals surface area contributed by atoms with Gasteiger partial charge >= 0.3 is 5.97 Å². The maximum absolute atomic E-state index is 12.0. The van der Waals surface area contributed by atoms with Crippen LogP contribution in [0.4, 0.5) is 5.69 Å². The van der Waals surface area contributed by atoms with E-state index in [2.05, 4.69) is 0 Å². The Morgan fingerprint density at radius 3 is 2.04 bits per heavy atom. The number of amides is 2. The number of anilines is 1. The molecule has 0 saturated carbocycles. The lowest BCUT2D eigenvalue weighted by molar-refractivity contribution is -0.121. The van der Waals surface area contributed by atoms with Crippen LogP contribution in [0.15, 0.2) is 54.6 Å². The van der Waals surface area contributed by atoms with E-state index in [1.165, 1.54) is 24.3 Å². The Labute approximate surface area is 144 Å². The molecule has 1 fully saturated rings. The van der Waals surface area contributed by atoms with Crippen molar-refractivity contribution < 1.29 is 23.9 Å². The molecule has 0 aromatic heterocycles. The highest BCUT2D eigenvalue weighted by Crippen LogP contribution is 2.23. The van der Waals surface area contributed by atoms with Crippen LogP contribution in [0.1, 0.15) is 33.6 Å². The van der Waals surface area contributed by atoms with E-state index >= 15 is 0 Å². The molecular weight excluding hydrogens is 322 g/mol. The van der Waals surface area contributed by atoms with Crippen LogP contribution in [-0.2, 0) is 14.3 Å². The normalized spacial score (nSPS) is 13.8. The van der Waals surface area contributed by atoms with Crippen molar-refractivity contribution >= 4 is 29.3 Å². The van der Waals surface area contributed by atoms with Gasteiger partial charge in [0, 0.05) is 18.4 Å². The molecule has 6 heteroatoms. The number of ether oxygens (including phenoxy) is 1. The number of hydrogen-bond donors (Lipinski definition) is 0. The zero-order valence-electron chi connectivity index (χ0n) is 13.3. The van der Waals surface area contributed by atoms with E-state index in [4.69, 9.17) is 4.74 Å². The van der Waals surface area contributed by atoms with Crippen LogP contribution >= 0.6 is 0 Å². The molecule has 0 aliphatic carbocycles. The lowest BCUT2D eigenvalue weighted by Gasteiger charge is -2.14. The van der Waals surface area contributed by atoms with Crippen LogP contribution in [-0.4, -0.2) is 30.2 Å². The van der Waals surface area contributed by atoms with Gasteiger partial charge in [-0.2, -0.15) is 0 Å². The molecule has 0 radical (unpaired) electrons. The molecule has 126 valence electrons. The van der Waals surface area contributed by atoms with Crippen LogP contribution < -0.4 is 4.90 Å². The number of esters is 1. The number of Topliss-reactive ketones (excluding diaryl/α,β-unsaturated/α-hetero) is 1. The first-order valence-corrected chi connectivity index (χ1v) is 7.77. The summed E-state index contributed by atoms with van der Waals surface area (Å²) in [6.45, 7) is -0.353. The van der Waals surface area contributed by atoms with Crippen LogP contribution in [0.5, 0.6) is 0 Å². The van der Waals surface area contributed by atoms with E-state index in [0.29, 0.717) is 11.3 Å². The van der Waals surface area contributed by atoms with Crippen molar-refractivity contribution in [3.05, 3.63) is 65.7 Å². The summed E-state index contributed by atoms with van der Waals surface area (Å²) in [5.41, 5.74) is 1.13. The van der Waals surface area contributed by atoms with Crippen LogP contribution in [0.3, 0.4) is 0 Å². The first-order valence-electron chi connectivity index (χ1n) is 7.77. The van der Waals surface area contributed by atoms with Gasteiger partial charge in [-0.25, -0.2) is 4.79 Å². The van der Waals surface area contributed by atoms with Gasteiger partial charge in [0.1, 0.15) is 0 Å². The first kappa shape index (κ1) is 16.6. The summed E-state index contributed by atoms with van der Waals surface area (Å²) in [6, 6.07) is 14.5. The van der Waals surface area contributed by atoms with E-state index in [1.54, 1.807) is 30.3 Å². The van der Waals surface area contributed by atoms with Crippen molar-refractivity contribution in [1.29, 1.82) is 0 Å². The second-order valence-corrected chi connectivity index (χ2v) is 5.54. The second-order valence-electron chi connectivity index (χ2n) is 5.54. The highest BCUT2D eigenvalue weighted by atomic mass is 16.5. The molecule has 1 heterocycles. The number of carbonyl (C=O) groups is 4. The molecule has 0 spiro atoms. The Morgan fingerprint density at radius 1 is 0.840 bits per heavy atom. The largest absolute Gasteiger partial charge is 0.454 e. The van der Waals surface area contributed by atoms with Crippen molar-refractivity contribution in [1.82, 2.24) is 0 Å². The average Bonchev–Trinajstić information content (AvgIpc) is 2.98. The smallest absolute Gasteiger partial charge is 0.338 e. The second kappa shape index (κ2) is 7.09. The minimum absolute atomic E-state index is 0.199. The van der Waals surface area contributed by atoms with Gasteiger partial charge < -0.3 is 4.74 Å². The lowest BCUT2D eigenvalue weighted by atomic mass is 10.1. The fourth-order valence-corrected chi connectivity index (χ4v) is 2.53. The number of ketones is 1. The van der Waals surface area contributed by atoms with Crippen molar-refractivity contribution in [2.75, 3.05) is 11.5 Å². The van der Waals surface area contributed by atoms with Crippen LogP contribution in [0, 0.1) is 0 Å². The maximum atomic E-state index is 12.0. The molecule has 0 atom stereocenters. The van der Waals surface area contributed by atoms with Gasteiger partial charge in [-0.15, -0.1) is 0 Å². The fraction of sp³-hybridized carbons (Fsp3) is 0.158. The molecule has 2 aromatic carbocycles. The molecule has 6 nitrogen and oxygen atoms in total. The van der Waals surface area contributed by atoms with Gasteiger partial charge in [-0.1, -0.05) is 30.3 Å². The lowest BCUT2D eigenvalue weighted by Crippen LogP contribution is -2.28. The molecule has 2 aromatic rings. The third kappa shape index (κ3) is 3.63.